The first-order chi connectivity index (χ1) is 15.4. The fourth-order valence-corrected chi connectivity index (χ4v) is 3.49. The van der Waals surface area contributed by atoms with Gasteiger partial charge in [0.15, 0.2) is 5.75 Å². The van der Waals surface area contributed by atoms with E-state index in [0.29, 0.717) is 11.3 Å². The maximum Gasteiger partial charge on any atom is 0.266 e. The zero-order valence-electron chi connectivity index (χ0n) is 17.2. The standard InChI is InChI=1S/C25H19Cl2FN2O2/c1-2-16-5-9-21(10-6-16)30-25(31)19(14-29)11-18-12-22(26)24(23(27)13-18)32-15-17-3-7-20(28)8-4-17/h3-13H,2,15H2,1H3,(H,30,31)/b19-11+. The molecule has 0 heterocycles. The van der Waals surface area contributed by atoms with E-state index in [-0.39, 0.29) is 33.8 Å². The van der Waals surface area contributed by atoms with E-state index in [9.17, 15) is 14.4 Å². The van der Waals surface area contributed by atoms with Crippen molar-refractivity contribution in [2.45, 2.75) is 20.0 Å². The van der Waals surface area contributed by atoms with Gasteiger partial charge in [0, 0.05) is 5.69 Å². The number of anilines is 1. The highest BCUT2D eigenvalue weighted by Crippen LogP contribution is 2.35. The zero-order valence-corrected chi connectivity index (χ0v) is 18.7. The number of hydrogen-bond donors (Lipinski definition) is 1. The molecule has 3 aromatic rings. The molecular weight excluding hydrogens is 450 g/mol. The highest BCUT2D eigenvalue weighted by molar-refractivity contribution is 6.37. The molecule has 1 N–H and O–H groups in total. The zero-order chi connectivity index (χ0) is 23.1. The Morgan fingerprint density at radius 1 is 1.06 bits per heavy atom. The van der Waals surface area contributed by atoms with Crippen molar-refractivity contribution in [3.05, 3.63) is 98.8 Å². The highest BCUT2D eigenvalue weighted by Gasteiger charge is 2.13. The van der Waals surface area contributed by atoms with Crippen molar-refractivity contribution in [3.63, 3.8) is 0 Å². The number of rotatable bonds is 7. The van der Waals surface area contributed by atoms with Crippen molar-refractivity contribution in [2.24, 2.45) is 0 Å². The lowest BCUT2D eigenvalue weighted by atomic mass is 10.1. The monoisotopic (exact) mass is 468 g/mol. The van der Waals surface area contributed by atoms with Gasteiger partial charge < -0.3 is 10.1 Å². The van der Waals surface area contributed by atoms with Crippen LogP contribution in [0.4, 0.5) is 10.1 Å². The Morgan fingerprint density at radius 2 is 1.66 bits per heavy atom. The molecule has 0 saturated carbocycles. The lowest BCUT2D eigenvalue weighted by molar-refractivity contribution is -0.112. The molecule has 0 saturated heterocycles. The maximum absolute atomic E-state index is 13.0. The molecule has 0 spiro atoms. The minimum atomic E-state index is -0.541. The van der Waals surface area contributed by atoms with Crippen molar-refractivity contribution in [1.82, 2.24) is 0 Å². The van der Waals surface area contributed by atoms with Crippen molar-refractivity contribution in [3.8, 4) is 11.8 Å². The molecule has 3 rings (SSSR count). The minimum absolute atomic E-state index is 0.100. The summed E-state index contributed by atoms with van der Waals surface area (Å²) in [6, 6.07) is 18.3. The molecule has 0 atom stereocenters. The number of nitrogens with one attached hydrogen (secondary N) is 1. The van der Waals surface area contributed by atoms with Gasteiger partial charge in [0.25, 0.3) is 5.91 Å². The maximum atomic E-state index is 13.0. The first-order valence-corrected chi connectivity index (χ1v) is 10.5. The second-order valence-corrected chi connectivity index (χ2v) is 7.72. The average molecular weight is 469 g/mol. The quantitative estimate of drug-likeness (QED) is 0.305. The molecule has 3 aromatic carbocycles. The predicted molar refractivity (Wildman–Crippen MR) is 125 cm³/mol. The lowest BCUT2D eigenvalue weighted by Gasteiger charge is -2.11. The number of aryl methyl sites for hydroxylation is 1. The number of hydrogen-bond acceptors (Lipinski definition) is 3. The van der Waals surface area contributed by atoms with Crippen molar-refractivity contribution >= 4 is 40.9 Å². The van der Waals surface area contributed by atoms with E-state index < -0.39 is 5.91 Å². The summed E-state index contributed by atoms with van der Waals surface area (Å²) in [5.74, 6) is -0.620. The van der Waals surface area contributed by atoms with Gasteiger partial charge in [-0.25, -0.2) is 4.39 Å². The minimum Gasteiger partial charge on any atom is -0.486 e. The molecule has 0 bridgehead atoms. The van der Waals surface area contributed by atoms with E-state index >= 15 is 0 Å². The predicted octanol–water partition coefficient (Wildman–Crippen LogP) is 6.82. The topological polar surface area (TPSA) is 62.1 Å². The summed E-state index contributed by atoms with van der Waals surface area (Å²) in [6.07, 6.45) is 2.29. The first-order valence-electron chi connectivity index (χ1n) is 9.78. The summed E-state index contributed by atoms with van der Waals surface area (Å²) in [4.78, 5) is 12.5. The molecule has 1 amide bonds. The molecule has 0 fully saturated rings. The van der Waals surface area contributed by atoms with E-state index in [2.05, 4.69) is 5.32 Å². The third kappa shape index (κ3) is 6.10. The lowest BCUT2D eigenvalue weighted by Crippen LogP contribution is -2.13. The Kier molecular flexibility index (Phi) is 7.88. The van der Waals surface area contributed by atoms with E-state index in [1.165, 1.54) is 18.2 Å². The second-order valence-electron chi connectivity index (χ2n) is 6.90. The summed E-state index contributed by atoms with van der Waals surface area (Å²) in [7, 11) is 0. The SMILES string of the molecule is CCc1ccc(NC(=O)/C(C#N)=C/c2cc(Cl)c(OCc3ccc(F)cc3)c(Cl)c2)cc1. The van der Waals surface area contributed by atoms with Crippen LogP contribution < -0.4 is 10.1 Å². The van der Waals surface area contributed by atoms with Gasteiger partial charge in [0.05, 0.1) is 10.0 Å². The van der Waals surface area contributed by atoms with E-state index in [1.54, 1.807) is 36.4 Å². The molecule has 0 unspecified atom stereocenters. The largest absolute Gasteiger partial charge is 0.486 e. The highest BCUT2D eigenvalue weighted by atomic mass is 35.5. The van der Waals surface area contributed by atoms with Gasteiger partial charge >= 0.3 is 0 Å². The molecule has 162 valence electrons. The van der Waals surface area contributed by atoms with Crippen LogP contribution in [-0.2, 0) is 17.8 Å². The van der Waals surface area contributed by atoms with Crippen LogP contribution in [0.25, 0.3) is 6.08 Å². The Labute approximate surface area is 195 Å². The molecule has 0 radical (unpaired) electrons. The van der Waals surface area contributed by atoms with E-state index in [4.69, 9.17) is 27.9 Å². The summed E-state index contributed by atoms with van der Waals surface area (Å²) in [5, 5.41) is 12.6. The number of carbonyl (C=O) groups excluding carboxylic acids is 1. The number of nitrogens with zero attached hydrogens (tertiary/aromatic N) is 1. The van der Waals surface area contributed by atoms with Crippen molar-refractivity contribution in [1.29, 1.82) is 5.26 Å². The number of nitriles is 1. The smallest absolute Gasteiger partial charge is 0.266 e. The van der Waals surface area contributed by atoms with Crippen LogP contribution in [0, 0.1) is 17.1 Å². The van der Waals surface area contributed by atoms with Gasteiger partial charge in [0.1, 0.15) is 24.1 Å². The van der Waals surface area contributed by atoms with Gasteiger partial charge in [-0.15, -0.1) is 0 Å². The van der Waals surface area contributed by atoms with Crippen molar-refractivity contribution < 1.29 is 13.9 Å². The van der Waals surface area contributed by atoms with Crippen LogP contribution >= 0.6 is 23.2 Å². The van der Waals surface area contributed by atoms with Crippen LogP contribution in [0.5, 0.6) is 5.75 Å². The summed E-state index contributed by atoms with van der Waals surface area (Å²) < 4.78 is 18.7. The normalized spacial score (nSPS) is 11.0. The van der Waals surface area contributed by atoms with Gasteiger partial charge in [-0.1, -0.05) is 54.4 Å². The van der Waals surface area contributed by atoms with Gasteiger partial charge in [-0.3, -0.25) is 4.79 Å². The van der Waals surface area contributed by atoms with Gasteiger partial charge in [0.2, 0.25) is 0 Å². The van der Waals surface area contributed by atoms with Gasteiger partial charge in [-0.05, 0) is 65.6 Å². The molecule has 0 aromatic heterocycles. The molecule has 7 heteroatoms. The number of benzene rings is 3. The number of ether oxygens (including phenoxy) is 1. The fraction of sp³-hybridized carbons (Fsp3) is 0.120. The third-order valence-electron chi connectivity index (χ3n) is 4.61. The number of amides is 1. The van der Waals surface area contributed by atoms with Crippen LogP contribution in [-0.4, -0.2) is 5.91 Å². The Balaban J connectivity index is 1.74. The van der Waals surface area contributed by atoms with Crippen LogP contribution in [0.1, 0.15) is 23.6 Å². The Morgan fingerprint density at radius 3 is 2.22 bits per heavy atom. The summed E-state index contributed by atoms with van der Waals surface area (Å²) >= 11 is 12.6. The molecule has 0 aliphatic carbocycles. The van der Waals surface area contributed by atoms with E-state index in [1.807, 2.05) is 25.1 Å². The Bertz CT molecular complexity index is 1160. The van der Waals surface area contributed by atoms with Crippen LogP contribution in [0.3, 0.4) is 0 Å². The van der Waals surface area contributed by atoms with Crippen LogP contribution in [0.2, 0.25) is 10.0 Å². The molecule has 4 nitrogen and oxygen atoms in total. The number of carbonyl (C=O) groups is 1. The second kappa shape index (κ2) is 10.8. The first kappa shape index (κ1) is 23.3. The van der Waals surface area contributed by atoms with Crippen LogP contribution in [0.15, 0.2) is 66.2 Å². The third-order valence-corrected chi connectivity index (χ3v) is 5.17. The molecule has 32 heavy (non-hydrogen) atoms. The average Bonchev–Trinajstić information content (AvgIpc) is 2.78. The molecular formula is C25H19Cl2FN2O2. The van der Waals surface area contributed by atoms with E-state index in [0.717, 1.165) is 17.5 Å². The molecule has 0 aliphatic rings. The number of halogens is 3. The van der Waals surface area contributed by atoms with Crippen molar-refractivity contribution in [2.75, 3.05) is 5.32 Å². The van der Waals surface area contributed by atoms with Gasteiger partial charge in [-0.2, -0.15) is 5.26 Å². The summed E-state index contributed by atoms with van der Waals surface area (Å²) in [6.45, 7) is 2.19. The fourth-order valence-electron chi connectivity index (χ4n) is 2.87. The molecule has 0 aliphatic heterocycles. The Hall–Kier alpha value is -3.33. The summed E-state index contributed by atoms with van der Waals surface area (Å²) in [5.41, 5.74) is 2.86.